The lowest BCUT2D eigenvalue weighted by Crippen LogP contribution is -2.44. The molecule has 1 saturated carbocycles. The maximum atomic E-state index is 10.0. The largest absolute Gasteiger partial charge is 0.389 e. The van der Waals surface area contributed by atoms with Crippen molar-refractivity contribution in [3.63, 3.8) is 0 Å². The van der Waals surface area contributed by atoms with Crippen LogP contribution in [0.15, 0.2) is 12.2 Å². The quantitative estimate of drug-likeness (QED) is 0.705. The van der Waals surface area contributed by atoms with Gasteiger partial charge in [0.2, 0.25) is 0 Å². The van der Waals surface area contributed by atoms with Gasteiger partial charge < -0.3 is 15.2 Å². The third-order valence-corrected chi connectivity index (χ3v) is 5.03. The Morgan fingerprint density at radius 2 is 2.00 bits per heavy atom. The van der Waals surface area contributed by atoms with Gasteiger partial charge in [-0.1, -0.05) is 31.9 Å². The van der Waals surface area contributed by atoms with E-state index in [2.05, 4.69) is 31.3 Å². The molecule has 3 atom stereocenters. The van der Waals surface area contributed by atoms with Crippen molar-refractivity contribution in [2.24, 2.45) is 11.8 Å². The van der Waals surface area contributed by atoms with Crippen LogP contribution in [0.3, 0.4) is 0 Å². The average molecular weight is 281 g/mol. The van der Waals surface area contributed by atoms with Gasteiger partial charge in [0, 0.05) is 12.1 Å². The Bertz CT molecular complexity index is 310. The molecule has 2 aliphatic rings. The van der Waals surface area contributed by atoms with E-state index in [0.29, 0.717) is 25.0 Å². The maximum absolute atomic E-state index is 10.0. The molecule has 1 fully saturated rings. The Labute approximate surface area is 123 Å². The van der Waals surface area contributed by atoms with E-state index in [1.165, 1.54) is 25.7 Å². The van der Waals surface area contributed by atoms with Crippen molar-refractivity contribution in [3.8, 4) is 0 Å². The third-order valence-electron chi connectivity index (χ3n) is 5.03. The lowest BCUT2D eigenvalue weighted by atomic mass is 9.85. The monoisotopic (exact) mass is 281 g/mol. The van der Waals surface area contributed by atoms with Crippen molar-refractivity contribution in [1.82, 2.24) is 5.32 Å². The highest BCUT2D eigenvalue weighted by Gasteiger charge is 2.28. The zero-order chi connectivity index (χ0) is 14.4. The first kappa shape index (κ1) is 16.0. The van der Waals surface area contributed by atoms with Crippen LogP contribution in [0.4, 0.5) is 0 Å². The lowest BCUT2D eigenvalue weighted by Gasteiger charge is -2.28. The molecule has 0 radical (unpaired) electrons. The van der Waals surface area contributed by atoms with E-state index in [1.807, 2.05) is 0 Å². The molecule has 2 rings (SSSR count). The first-order valence-electron chi connectivity index (χ1n) is 8.25. The van der Waals surface area contributed by atoms with E-state index in [-0.39, 0.29) is 11.6 Å². The number of rotatable bonds is 7. The van der Waals surface area contributed by atoms with Crippen LogP contribution in [0, 0.1) is 11.8 Å². The molecule has 0 spiro atoms. The summed E-state index contributed by atoms with van der Waals surface area (Å²) in [6, 6.07) is 0. The number of aliphatic hydroxyl groups excluding tert-OH is 1. The van der Waals surface area contributed by atoms with Crippen LogP contribution in [0.2, 0.25) is 0 Å². The Morgan fingerprint density at radius 3 is 2.70 bits per heavy atom. The number of aliphatic hydroxyl groups is 1. The Morgan fingerprint density at radius 1 is 1.30 bits per heavy atom. The lowest BCUT2D eigenvalue weighted by molar-refractivity contribution is 0.0102. The Kier molecular flexibility index (Phi) is 6.06. The fraction of sp³-hybridized carbons (Fsp3) is 0.882. The smallest absolute Gasteiger partial charge is 0.0897 e. The Hall–Kier alpha value is -0.380. The molecule has 3 unspecified atom stereocenters. The highest BCUT2D eigenvalue weighted by molar-refractivity contribution is 4.93. The number of hydrogen-bond acceptors (Lipinski definition) is 3. The summed E-state index contributed by atoms with van der Waals surface area (Å²) in [5.41, 5.74) is 0.240. The average Bonchev–Trinajstić information content (AvgIpc) is 2.86. The minimum atomic E-state index is -0.387. The zero-order valence-corrected chi connectivity index (χ0v) is 13.1. The second kappa shape index (κ2) is 7.58. The van der Waals surface area contributed by atoms with Gasteiger partial charge in [-0.05, 0) is 44.4 Å². The molecule has 2 aliphatic carbocycles. The molecule has 0 aliphatic heterocycles. The minimum absolute atomic E-state index is 0.240. The summed E-state index contributed by atoms with van der Waals surface area (Å²) in [5, 5.41) is 13.5. The standard InChI is InChI=1S/C17H31NO2/c1-14-7-3-4-8-15(14)12-20-13-16(19)11-18-17(2)9-5-6-10-17/h3-4,14-16,18-19H,5-13H2,1-2H3. The summed E-state index contributed by atoms with van der Waals surface area (Å²) in [7, 11) is 0. The van der Waals surface area contributed by atoms with Gasteiger partial charge in [0.1, 0.15) is 0 Å². The molecular weight excluding hydrogens is 250 g/mol. The molecular formula is C17H31NO2. The number of β-amino-alcohol motifs (C(OH)–C–C–N with tert-alkyl or cyclic N) is 1. The van der Waals surface area contributed by atoms with Gasteiger partial charge in [-0.3, -0.25) is 0 Å². The molecule has 0 amide bonds. The fourth-order valence-electron chi connectivity index (χ4n) is 3.35. The predicted octanol–water partition coefficient (Wildman–Crippen LogP) is 2.89. The van der Waals surface area contributed by atoms with Crippen LogP contribution in [0.5, 0.6) is 0 Å². The van der Waals surface area contributed by atoms with Gasteiger partial charge in [-0.15, -0.1) is 0 Å². The van der Waals surface area contributed by atoms with Gasteiger partial charge in [-0.25, -0.2) is 0 Å². The zero-order valence-electron chi connectivity index (χ0n) is 13.1. The van der Waals surface area contributed by atoms with Crippen molar-refractivity contribution in [1.29, 1.82) is 0 Å². The molecule has 20 heavy (non-hydrogen) atoms. The highest BCUT2D eigenvalue weighted by atomic mass is 16.5. The van der Waals surface area contributed by atoms with Crippen LogP contribution in [-0.2, 0) is 4.74 Å². The summed E-state index contributed by atoms with van der Waals surface area (Å²) in [4.78, 5) is 0. The minimum Gasteiger partial charge on any atom is -0.389 e. The molecule has 3 heteroatoms. The van der Waals surface area contributed by atoms with Crippen molar-refractivity contribution in [3.05, 3.63) is 12.2 Å². The first-order valence-corrected chi connectivity index (χ1v) is 8.25. The number of hydrogen-bond donors (Lipinski definition) is 2. The summed E-state index contributed by atoms with van der Waals surface area (Å²) >= 11 is 0. The van der Waals surface area contributed by atoms with Gasteiger partial charge in [-0.2, -0.15) is 0 Å². The molecule has 116 valence electrons. The molecule has 0 aromatic carbocycles. The molecule has 0 saturated heterocycles. The van der Waals surface area contributed by atoms with Crippen LogP contribution in [-0.4, -0.2) is 36.5 Å². The van der Waals surface area contributed by atoms with E-state index in [0.717, 1.165) is 19.4 Å². The van der Waals surface area contributed by atoms with Crippen molar-refractivity contribution in [2.45, 2.75) is 64.0 Å². The van der Waals surface area contributed by atoms with Gasteiger partial charge in [0.25, 0.3) is 0 Å². The predicted molar refractivity (Wildman–Crippen MR) is 82.7 cm³/mol. The second-order valence-corrected chi connectivity index (χ2v) is 7.02. The molecule has 0 bridgehead atoms. The van der Waals surface area contributed by atoms with Crippen molar-refractivity contribution < 1.29 is 9.84 Å². The van der Waals surface area contributed by atoms with Crippen LogP contribution >= 0.6 is 0 Å². The van der Waals surface area contributed by atoms with Crippen LogP contribution in [0.1, 0.15) is 52.4 Å². The maximum Gasteiger partial charge on any atom is 0.0897 e. The molecule has 0 aromatic rings. The summed E-state index contributed by atoms with van der Waals surface area (Å²) in [6.45, 7) is 6.44. The van der Waals surface area contributed by atoms with E-state index in [4.69, 9.17) is 4.74 Å². The number of ether oxygens (including phenoxy) is 1. The van der Waals surface area contributed by atoms with E-state index in [9.17, 15) is 5.11 Å². The number of allylic oxidation sites excluding steroid dienone is 2. The second-order valence-electron chi connectivity index (χ2n) is 7.02. The summed E-state index contributed by atoms with van der Waals surface area (Å²) in [5.74, 6) is 1.32. The van der Waals surface area contributed by atoms with Crippen molar-refractivity contribution in [2.75, 3.05) is 19.8 Å². The molecule has 2 N–H and O–H groups in total. The van der Waals surface area contributed by atoms with Crippen molar-refractivity contribution >= 4 is 0 Å². The molecule has 3 nitrogen and oxygen atoms in total. The van der Waals surface area contributed by atoms with Gasteiger partial charge in [0.15, 0.2) is 0 Å². The molecule has 0 heterocycles. The van der Waals surface area contributed by atoms with Gasteiger partial charge in [0.05, 0.1) is 19.3 Å². The third kappa shape index (κ3) is 4.87. The highest BCUT2D eigenvalue weighted by Crippen LogP contribution is 2.28. The Balaban J connectivity index is 1.58. The fourth-order valence-corrected chi connectivity index (χ4v) is 3.35. The normalized spacial score (nSPS) is 30.6. The topological polar surface area (TPSA) is 41.5 Å². The van der Waals surface area contributed by atoms with E-state index < -0.39 is 0 Å². The summed E-state index contributed by atoms with van der Waals surface area (Å²) < 4.78 is 5.73. The van der Waals surface area contributed by atoms with E-state index in [1.54, 1.807) is 0 Å². The molecule has 0 aromatic heterocycles. The number of nitrogens with one attached hydrogen (secondary N) is 1. The van der Waals surface area contributed by atoms with Crippen LogP contribution in [0.25, 0.3) is 0 Å². The van der Waals surface area contributed by atoms with Crippen LogP contribution < -0.4 is 5.32 Å². The van der Waals surface area contributed by atoms with E-state index >= 15 is 0 Å². The first-order chi connectivity index (χ1) is 9.59. The van der Waals surface area contributed by atoms with Gasteiger partial charge >= 0.3 is 0 Å². The summed E-state index contributed by atoms with van der Waals surface area (Å²) in [6.07, 6.45) is 11.5. The SMILES string of the molecule is CC1CC=CCC1COCC(O)CNC1(C)CCCC1.